The van der Waals surface area contributed by atoms with Gasteiger partial charge < -0.3 is 0 Å². The smallest absolute Gasteiger partial charge is 0.154 e. The van der Waals surface area contributed by atoms with Crippen LogP contribution in [0, 0.1) is 0 Å². The van der Waals surface area contributed by atoms with Gasteiger partial charge in [-0.25, -0.2) is 0 Å². The molecule has 14 heavy (non-hydrogen) atoms. The van der Waals surface area contributed by atoms with Gasteiger partial charge in [0.2, 0.25) is 0 Å². The molecule has 0 fully saturated rings. The van der Waals surface area contributed by atoms with Gasteiger partial charge in [-0.15, -0.1) is 0 Å². The Labute approximate surface area is 91.3 Å². The fraction of sp³-hybridized carbons (Fsp3) is 0.400. The van der Waals surface area contributed by atoms with Crippen LogP contribution in [-0.2, 0) is 7.05 Å². The fourth-order valence-corrected chi connectivity index (χ4v) is 1.97. The zero-order chi connectivity index (χ0) is 10.3. The van der Waals surface area contributed by atoms with Gasteiger partial charge >= 0.3 is 0 Å². The first-order valence-electron chi connectivity index (χ1n) is 4.57. The number of aromatic nitrogens is 3. The summed E-state index contributed by atoms with van der Waals surface area (Å²) >= 11 is 3.38. The van der Waals surface area contributed by atoms with Gasteiger partial charge in [0.25, 0.3) is 0 Å². The van der Waals surface area contributed by atoms with Crippen molar-refractivity contribution < 1.29 is 0 Å². The average Bonchev–Trinajstić information content (AvgIpc) is 2.42. The van der Waals surface area contributed by atoms with E-state index in [0.29, 0.717) is 5.92 Å². The van der Waals surface area contributed by atoms with Crippen LogP contribution in [0.15, 0.2) is 16.9 Å². The van der Waals surface area contributed by atoms with Crippen molar-refractivity contribution in [1.82, 2.24) is 14.8 Å². The summed E-state index contributed by atoms with van der Waals surface area (Å²) in [6.45, 7) is 4.32. The summed E-state index contributed by atoms with van der Waals surface area (Å²) in [7, 11) is 1.93. The quantitative estimate of drug-likeness (QED) is 0.783. The van der Waals surface area contributed by atoms with Crippen LogP contribution in [0.2, 0.25) is 0 Å². The molecule has 74 valence electrons. The summed E-state index contributed by atoms with van der Waals surface area (Å²) in [6, 6.07) is 2.14. The van der Waals surface area contributed by atoms with Crippen molar-refractivity contribution in [2.45, 2.75) is 19.8 Å². The van der Waals surface area contributed by atoms with Crippen LogP contribution >= 0.6 is 15.9 Å². The van der Waals surface area contributed by atoms with Crippen molar-refractivity contribution >= 4 is 27.0 Å². The van der Waals surface area contributed by atoms with Gasteiger partial charge in [-0.1, -0.05) is 13.8 Å². The van der Waals surface area contributed by atoms with Gasteiger partial charge in [-0.05, 0) is 33.5 Å². The highest BCUT2D eigenvalue weighted by molar-refractivity contribution is 9.10. The van der Waals surface area contributed by atoms with Gasteiger partial charge in [0.15, 0.2) is 4.60 Å². The minimum absolute atomic E-state index is 0.501. The number of halogens is 1. The zero-order valence-corrected chi connectivity index (χ0v) is 10.0. The molecule has 0 atom stereocenters. The first kappa shape index (κ1) is 9.65. The third kappa shape index (κ3) is 1.43. The largest absolute Gasteiger partial charge is 0.265 e. The third-order valence-corrected chi connectivity index (χ3v) is 2.87. The maximum Gasteiger partial charge on any atom is 0.154 e. The molecule has 0 unspecified atom stereocenters. The second kappa shape index (κ2) is 3.35. The minimum atomic E-state index is 0.501. The molecule has 0 spiro atoms. The van der Waals surface area contributed by atoms with Crippen LogP contribution < -0.4 is 0 Å². The maximum atomic E-state index is 4.39. The summed E-state index contributed by atoms with van der Waals surface area (Å²) < 4.78 is 2.66. The number of rotatable bonds is 1. The van der Waals surface area contributed by atoms with E-state index in [4.69, 9.17) is 0 Å². The molecule has 3 nitrogen and oxygen atoms in total. The van der Waals surface area contributed by atoms with E-state index in [-0.39, 0.29) is 0 Å². The van der Waals surface area contributed by atoms with E-state index in [1.54, 1.807) is 0 Å². The lowest BCUT2D eigenvalue weighted by Gasteiger charge is -2.04. The topological polar surface area (TPSA) is 30.7 Å². The lowest BCUT2D eigenvalue weighted by molar-refractivity contribution is 0.786. The molecule has 2 aromatic heterocycles. The molecule has 2 rings (SSSR count). The summed E-state index contributed by atoms with van der Waals surface area (Å²) in [5, 5.41) is 4.26. The first-order valence-corrected chi connectivity index (χ1v) is 5.37. The molecule has 0 aromatic carbocycles. The van der Waals surface area contributed by atoms with E-state index in [1.165, 1.54) is 5.56 Å². The number of hydrogen-bond donors (Lipinski definition) is 0. The van der Waals surface area contributed by atoms with E-state index < -0.39 is 0 Å². The minimum Gasteiger partial charge on any atom is -0.265 e. The number of aryl methyl sites for hydroxylation is 1. The molecule has 0 bridgehead atoms. The summed E-state index contributed by atoms with van der Waals surface area (Å²) in [5.74, 6) is 0.501. The van der Waals surface area contributed by atoms with Crippen molar-refractivity contribution in [1.29, 1.82) is 0 Å². The highest BCUT2D eigenvalue weighted by atomic mass is 79.9. The molecule has 0 aliphatic heterocycles. The second-order valence-corrected chi connectivity index (χ2v) is 4.46. The highest BCUT2D eigenvalue weighted by Crippen LogP contribution is 2.23. The molecule has 0 saturated heterocycles. The Morgan fingerprint density at radius 1 is 1.43 bits per heavy atom. The lowest BCUT2D eigenvalue weighted by Crippen LogP contribution is -1.93. The first-order chi connectivity index (χ1) is 6.59. The molecular formula is C10H12BrN3. The normalized spacial score (nSPS) is 11.5. The second-order valence-electron chi connectivity index (χ2n) is 3.71. The van der Waals surface area contributed by atoms with E-state index >= 15 is 0 Å². The van der Waals surface area contributed by atoms with Crippen molar-refractivity contribution in [2.75, 3.05) is 0 Å². The maximum absolute atomic E-state index is 4.39. The summed E-state index contributed by atoms with van der Waals surface area (Å²) in [6.07, 6.45) is 1.92. The molecular weight excluding hydrogens is 242 g/mol. The number of nitrogens with zero attached hydrogens (tertiary/aromatic N) is 3. The standard InChI is InChI=1S/C10H12BrN3/c1-6(2)7-4-8-9(12-5-7)10(11)13-14(8)3/h4-6H,1-3H3. The lowest BCUT2D eigenvalue weighted by atomic mass is 10.1. The molecule has 0 aliphatic rings. The molecule has 2 aromatic rings. The van der Waals surface area contributed by atoms with Gasteiger partial charge in [0, 0.05) is 13.2 Å². The van der Waals surface area contributed by atoms with Crippen molar-refractivity contribution in [3.05, 3.63) is 22.4 Å². The van der Waals surface area contributed by atoms with E-state index in [0.717, 1.165) is 15.6 Å². The Bertz CT molecular complexity index is 473. The number of pyridine rings is 1. The van der Waals surface area contributed by atoms with Crippen molar-refractivity contribution in [3.8, 4) is 0 Å². The monoisotopic (exact) mass is 253 g/mol. The molecule has 0 saturated carbocycles. The van der Waals surface area contributed by atoms with Crippen LogP contribution in [0.25, 0.3) is 11.0 Å². The number of fused-ring (bicyclic) bond motifs is 1. The summed E-state index contributed by atoms with van der Waals surface area (Å²) in [4.78, 5) is 4.39. The molecule has 0 aliphatic carbocycles. The Kier molecular flexibility index (Phi) is 2.31. The van der Waals surface area contributed by atoms with Crippen molar-refractivity contribution in [3.63, 3.8) is 0 Å². The SMILES string of the molecule is CC(C)c1cnc2c(Br)nn(C)c2c1. The van der Waals surface area contributed by atoms with E-state index in [2.05, 4.69) is 45.9 Å². The molecule has 4 heteroatoms. The van der Waals surface area contributed by atoms with Gasteiger partial charge in [-0.3, -0.25) is 9.67 Å². The third-order valence-electron chi connectivity index (χ3n) is 2.34. The van der Waals surface area contributed by atoms with Crippen LogP contribution in [0.3, 0.4) is 0 Å². The van der Waals surface area contributed by atoms with Crippen molar-refractivity contribution in [2.24, 2.45) is 7.05 Å². The molecule has 2 heterocycles. The average molecular weight is 254 g/mol. The van der Waals surface area contributed by atoms with E-state index in [9.17, 15) is 0 Å². The van der Waals surface area contributed by atoms with Crippen LogP contribution in [0.1, 0.15) is 25.3 Å². The Balaban J connectivity index is 2.71. The van der Waals surface area contributed by atoms with Crippen LogP contribution in [-0.4, -0.2) is 14.8 Å². The Morgan fingerprint density at radius 2 is 2.14 bits per heavy atom. The van der Waals surface area contributed by atoms with Crippen LogP contribution in [0.4, 0.5) is 0 Å². The van der Waals surface area contributed by atoms with Gasteiger partial charge in [0.05, 0.1) is 5.52 Å². The molecule has 0 N–H and O–H groups in total. The van der Waals surface area contributed by atoms with Gasteiger partial charge in [-0.2, -0.15) is 5.10 Å². The van der Waals surface area contributed by atoms with E-state index in [1.807, 2.05) is 17.9 Å². The predicted molar refractivity (Wildman–Crippen MR) is 60.3 cm³/mol. The highest BCUT2D eigenvalue weighted by Gasteiger charge is 2.09. The fourth-order valence-electron chi connectivity index (χ4n) is 1.42. The Morgan fingerprint density at radius 3 is 2.79 bits per heavy atom. The van der Waals surface area contributed by atoms with Crippen LogP contribution in [0.5, 0.6) is 0 Å². The molecule has 0 radical (unpaired) electrons. The molecule has 0 amide bonds. The zero-order valence-electron chi connectivity index (χ0n) is 8.45. The van der Waals surface area contributed by atoms with Gasteiger partial charge in [0.1, 0.15) is 5.52 Å². The predicted octanol–water partition coefficient (Wildman–Crippen LogP) is 2.85. The summed E-state index contributed by atoms with van der Waals surface area (Å²) in [5.41, 5.74) is 3.24. The Hall–Kier alpha value is -0.900. The number of hydrogen-bond acceptors (Lipinski definition) is 2.